The maximum absolute atomic E-state index is 11.1. The number of hydrogen-bond donors (Lipinski definition) is 1. The molecule has 0 unspecified atom stereocenters. The minimum absolute atomic E-state index is 0.566. The number of aliphatic carboxylic acids is 1. The molecule has 0 saturated carbocycles. The van der Waals surface area contributed by atoms with Gasteiger partial charge in [0.2, 0.25) is 0 Å². The third kappa shape index (κ3) is 2.31. The second kappa shape index (κ2) is 4.67. The summed E-state index contributed by atoms with van der Waals surface area (Å²) in [6.45, 7) is 6.77. The SMILES string of the molecule is CC(C)[C@H]1CC[C@H](C)C2=C1C=C(C(=O)O)CC2. The van der Waals surface area contributed by atoms with Crippen molar-refractivity contribution in [2.75, 3.05) is 0 Å². The van der Waals surface area contributed by atoms with Crippen LogP contribution in [0, 0.1) is 17.8 Å². The molecule has 94 valence electrons. The number of carboxylic acids is 1. The Bertz CT molecular complexity index is 388. The Kier molecular flexibility index (Phi) is 3.41. The first kappa shape index (κ1) is 12.4. The first-order valence-corrected chi connectivity index (χ1v) is 6.67. The Balaban J connectivity index is 2.39. The fourth-order valence-electron chi connectivity index (χ4n) is 3.26. The van der Waals surface area contributed by atoms with Crippen LogP contribution in [-0.2, 0) is 4.79 Å². The van der Waals surface area contributed by atoms with Gasteiger partial charge in [-0.1, -0.05) is 26.3 Å². The zero-order chi connectivity index (χ0) is 12.6. The minimum atomic E-state index is -0.739. The van der Waals surface area contributed by atoms with Gasteiger partial charge < -0.3 is 5.11 Å². The standard InChI is InChI=1S/C15H22O2/c1-9(2)12-6-4-10(3)13-7-5-11(15(16)17)8-14(12)13/h8-10,12H,4-7H2,1-3H3,(H,16,17)/t10-,12+/m0/s1. The number of hydrogen-bond acceptors (Lipinski definition) is 1. The van der Waals surface area contributed by atoms with Crippen molar-refractivity contribution in [3.8, 4) is 0 Å². The van der Waals surface area contributed by atoms with Gasteiger partial charge in [0, 0.05) is 5.57 Å². The van der Waals surface area contributed by atoms with E-state index in [9.17, 15) is 4.79 Å². The number of carbonyl (C=O) groups is 1. The van der Waals surface area contributed by atoms with Crippen molar-refractivity contribution in [3.05, 3.63) is 22.8 Å². The van der Waals surface area contributed by atoms with E-state index in [1.807, 2.05) is 6.08 Å². The van der Waals surface area contributed by atoms with Crippen molar-refractivity contribution >= 4 is 5.97 Å². The quantitative estimate of drug-likeness (QED) is 0.789. The van der Waals surface area contributed by atoms with Gasteiger partial charge in [0.25, 0.3) is 0 Å². The molecule has 0 aromatic heterocycles. The van der Waals surface area contributed by atoms with Gasteiger partial charge in [0.05, 0.1) is 0 Å². The third-order valence-electron chi connectivity index (χ3n) is 4.35. The lowest BCUT2D eigenvalue weighted by Gasteiger charge is -2.36. The molecule has 0 fully saturated rings. The lowest BCUT2D eigenvalue weighted by atomic mass is 9.69. The Morgan fingerprint density at radius 2 is 2.06 bits per heavy atom. The smallest absolute Gasteiger partial charge is 0.331 e. The average Bonchev–Trinajstić information content (AvgIpc) is 2.28. The van der Waals surface area contributed by atoms with Crippen molar-refractivity contribution < 1.29 is 9.90 Å². The summed E-state index contributed by atoms with van der Waals surface area (Å²) < 4.78 is 0. The van der Waals surface area contributed by atoms with Crippen LogP contribution in [0.3, 0.4) is 0 Å². The van der Waals surface area contributed by atoms with Crippen LogP contribution in [0.25, 0.3) is 0 Å². The zero-order valence-corrected chi connectivity index (χ0v) is 11.0. The maximum atomic E-state index is 11.1. The van der Waals surface area contributed by atoms with Gasteiger partial charge in [0.1, 0.15) is 0 Å². The molecule has 0 spiro atoms. The molecule has 2 heteroatoms. The molecule has 17 heavy (non-hydrogen) atoms. The molecule has 2 aliphatic carbocycles. The van der Waals surface area contributed by atoms with Crippen LogP contribution in [0.5, 0.6) is 0 Å². The van der Waals surface area contributed by atoms with E-state index in [0.29, 0.717) is 29.7 Å². The van der Waals surface area contributed by atoms with Crippen LogP contribution in [0.1, 0.15) is 46.5 Å². The van der Waals surface area contributed by atoms with Gasteiger partial charge in [-0.25, -0.2) is 4.79 Å². The Labute approximate surface area is 103 Å². The minimum Gasteiger partial charge on any atom is -0.478 e. The van der Waals surface area contributed by atoms with E-state index < -0.39 is 5.97 Å². The maximum Gasteiger partial charge on any atom is 0.331 e. The first-order valence-electron chi connectivity index (χ1n) is 6.67. The highest BCUT2D eigenvalue weighted by Gasteiger charge is 2.31. The van der Waals surface area contributed by atoms with E-state index in [1.54, 1.807) is 0 Å². The van der Waals surface area contributed by atoms with E-state index in [0.717, 1.165) is 6.42 Å². The summed E-state index contributed by atoms with van der Waals surface area (Å²) >= 11 is 0. The summed E-state index contributed by atoms with van der Waals surface area (Å²) in [5.74, 6) is 1.08. The lowest BCUT2D eigenvalue weighted by molar-refractivity contribution is -0.132. The second-order valence-corrected chi connectivity index (χ2v) is 5.78. The van der Waals surface area contributed by atoms with Crippen LogP contribution >= 0.6 is 0 Å². The summed E-state index contributed by atoms with van der Waals surface area (Å²) in [6.07, 6.45) is 6.11. The molecule has 0 aliphatic heterocycles. The molecule has 2 nitrogen and oxygen atoms in total. The van der Waals surface area contributed by atoms with Crippen LogP contribution in [-0.4, -0.2) is 11.1 Å². The molecule has 0 amide bonds. The fraction of sp³-hybridized carbons (Fsp3) is 0.667. The van der Waals surface area contributed by atoms with Crippen molar-refractivity contribution in [2.45, 2.75) is 46.5 Å². The van der Waals surface area contributed by atoms with E-state index in [2.05, 4.69) is 20.8 Å². The number of allylic oxidation sites excluding steroid dienone is 3. The lowest BCUT2D eigenvalue weighted by Crippen LogP contribution is -2.24. The van der Waals surface area contributed by atoms with Gasteiger partial charge in [-0.2, -0.15) is 0 Å². The molecule has 1 N–H and O–H groups in total. The van der Waals surface area contributed by atoms with Crippen molar-refractivity contribution in [1.82, 2.24) is 0 Å². The van der Waals surface area contributed by atoms with Gasteiger partial charge in [-0.05, 0) is 55.1 Å². The molecule has 0 saturated heterocycles. The molecule has 0 aromatic carbocycles. The molecule has 2 rings (SSSR count). The predicted octanol–water partition coefficient (Wildman–Crippen LogP) is 3.79. The van der Waals surface area contributed by atoms with Gasteiger partial charge in [0.15, 0.2) is 0 Å². The zero-order valence-electron chi connectivity index (χ0n) is 11.0. The van der Waals surface area contributed by atoms with Crippen LogP contribution < -0.4 is 0 Å². The molecule has 0 radical (unpaired) electrons. The summed E-state index contributed by atoms with van der Waals surface area (Å²) in [4.78, 5) is 11.1. The molecule has 0 bridgehead atoms. The van der Waals surface area contributed by atoms with Crippen molar-refractivity contribution in [1.29, 1.82) is 0 Å². The van der Waals surface area contributed by atoms with Gasteiger partial charge in [-0.15, -0.1) is 0 Å². The number of carboxylic acid groups (broad SMARTS) is 1. The summed E-state index contributed by atoms with van der Waals surface area (Å²) in [5, 5.41) is 9.13. The van der Waals surface area contributed by atoms with E-state index in [-0.39, 0.29) is 0 Å². The summed E-state index contributed by atoms with van der Waals surface area (Å²) in [7, 11) is 0. The highest BCUT2D eigenvalue weighted by Crippen LogP contribution is 2.43. The highest BCUT2D eigenvalue weighted by atomic mass is 16.4. The van der Waals surface area contributed by atoms with Crippen LogP contribution in [0.2, 0.25) is 0 Å². The number of rotatable bonds is 2. The molecule has 0 heterocycles. The Hall–Kier alpha value is -1.05. The van der Waals surface area contributed by atoms with Crippen LogP contribution in [0.15, 0.2) is 22.8 Å². The van der Waals surface area contributed by atoms with Gasteiger partial charge >= 0.3 is 5.97 Å². The van der Waals surface area contributed by atoms with Crippen molar-refractivity contribution in [3.63, 3.8) is 0 Å². The second-order valence-electron chi connectivity index (χ2n) is 5.78. The van der Waals surface area contributed by atoms with E-state index >= 15 is 0 Å². The van der Waals surface area contributed by atoms with Gasteiger partial charge in [-0.3, -0.25) is 0 Å². The largest absolute Gasteiger partial charge is 0.478 e. The topological polar surface area (TPSA) is 37.3 Å². The Morgan fingerprint density at radius 3 is 2.65 bits per heavy atom. The first-order chi connectivity index (χ1) is 8.00. The molecular weight excluding hydrogens is 212 g/mol. The monoisotopic (exact) mass is 234 g/mol. The van der Waals surface area contributed by atoms with E-state index in [1.165, 1.54) is 24.0 Å². The fourth-order valence-corrected chi connectivity index (χ4v) is 3.26. The Morgan fingerprint density at radius 1 is 1.35 bits per heavy atom. The summed E-state index contributed by atoms with van der Waals surface area (Å²) in [6, 6.07) is 0. The third-order valence-corrected chi connectivity index (χ3v) is 4.35. The van der Waals surface area contributed by atoms with Crippen molar-refractivity contribution in [2.24, 2.45) is 17.8 Å². The normalized spacial score (nSPS) is 29.1. The van der Waals surface area contributed by atoms with Crippen LogP contribution in [0.4, 0.5) is 0 Å². The predicted molar refractivity (Wildman–Crippen MR) is 68.7 cm³/mol. The molecular formula is C15H22O2. The highest BCUT2D eigenvalue weighted by molar-refractivity contribution is 5.87. The summed E-state index contributed by atoms with van der Waals surface area (Å²) in [5.41, 5.74) is 3.48. The molecule has 2 aliphatic rings. The van der Waals surface area contributed by atoms with E-state index in [4.69, 9.17) is 5.11 Å². The molecule has 2 atom stereocenters. The average molecular weight is 234 g/mol. The molecule has 0 aromatic rings.